The third-order valence-corrected chi connectivity index (χ3v) is 3.44. The number of guanidine groups is 1. The molecule has 0 atom stereocenters. The molecule has 0 saturated heterocycles. The Labute approximate surface area is 102 Å². The van der Waals surface area contributed by atoms with Crippen LogP contribution in [0.5, 0.6) is 0 Å². The van der Waals surface area contributed by atoms with Gasteiger partial charge in [-0.25, -0.2) is 0 Å². The maximum Gasteiger partial charge on any atom is 0.195 e. The molecule has 0 aliphatic heterocycles. The Balaban J connectivity index is 2.55. The molecule has 1 aromatic rings. The first kappa shape index (κ1) is 13.0. The van der Waals surface area contributed by atoms with Crippen LogP contribution in [0.25, 0.3) is 0 Å². The average Bonchev–Trinajstić information content (AvgIpc) is 2.57. The summed E-state index contributed by atoms with van der Waals surface area (Å²) in [5.41, 5.74) is 1.39. The SMILES string of the molecule is Cc1ccsc1CCN=C(N(C)C)N(C)C. The first-order valence-electron chi connectivity index (χ1n) is 5.44. The van der Waals surface area contributed by atoms with Gasteiger partial charge in [0.25, 0.3) is 0 Å². The molecule has 0 spiro atoms. The van der Waals surface area contributed by atoms with Gasteiger partial charge in [0.15, 0.2) is 5.96 Å². The number of hydrogen-bond acceptors (Lipinski definition) is 2. The fourth-order valence-corrected chi connectivity index (χ4v) is 2.50. The first-order valence-corrected chi connectivity index (χ1v) is 6.32. The Kier molecular flexibility index (Phi) is 4.80. The van der Waals surface area contributed by atoms with Gasteiger partial charge in [0, 0.05) is 46.0 Å². The fourth-order valence-electron chi connectivity index (χ4n) is 1.60. The van der Waals surface area contributed by atoms with E-state index < -0.39 is 0 Å². The van der Waals surface area contributed by atoms with Crippen LogP contribution in [-0.2, 0) is 6.42 Å². The summed E-state index contributed by atoms with van der Waals surface area (Å²) in [6.07, 6.45) is 1.04. The minimum Gasteiger partial charge on any atom is -0.349 e. The molecular formula is C12H21N3S. The van der Waals surface area contributed by atoms with Crippen LogP contribution in [0.3, 0.4) is 0 Å². The topological polar surface area (TPSA) is 18.8 Å². The van der Waals surface area contributed by atoms with Gasteiger partial charge >= 0.3 is 0 Å². The molecule has 16 heavy (non-hydrogen) atoms. The van der Waals surface area contributed by atoms with Crippen molar-refractivity contribution in [3.05, 3.63) is 21.9 Å². The van der Waals surface area contributed by atoms with Gasteiger partial charge in [-0.1, -0.05) is 0 Å². The lowest BCUT2D eigenvalue weighted by Gasteiger charge is -2.22. The molecule has 1 rings (SSSR count). The zero-order valence-electron chi connectivity index (χ0n) is 10.8. The van der Waals surface area contributed by atoms with Crippen LogP contribution < -0.4 is 0 Å². The van der Waals surface area contributed by atoms with Gasteiger partial charge < -0.3 is 9.80 Å². The summed E-state index contributed by atoms with van der Waals surface area (Å²) < 4.78 is 0. The van der Waals surface area contributed by atoms with Crippen LogP contribution >= 0.6 is 11.3 Å². The molecule has 0 aliphatic rings. The van der Waals surface area contributed by atoms with Crippen molar-refractivity contribution in [2.75, 3.05) is 34.7 Å². The molecule has 0 saturated carbocycles. The van der Waals surface area contributed by atoms with Crippen LogP contribution in [0.15, 0.2) is 16.4 Å². The van der Waals surface area contributed by atoms with E-state index in [4.69, 9.17) is 0 Å². The molecule has 0 aromatic carbocycles. The highest BCUT2D eigenvalue weighted by molar-refractivity contribution is 7.10. The predicted octanol–water partition coefficient (Wildman–Crippen LogP) is 2.08. The lowest BCUT2D eigenvalue weighted by Crippen LogP contribution is -2.35. The standard InChI is InChI=1S/C12H21N3S/c1-10-7-9-16-11(10)6-8-13-12(14(2)3)15(4)5/h7,9H,6,8H2,1-5H3. The molecule has 1 heterocycles. The van der Waals surface area contributed by atoms with E-state index in [-0.39, 0.29) is 0 Å². The smallest absolute Gasteiger partial charge is 0.195 e. The molecule has 0 unspecified atom stereocenters. The van der Waals surface area contributed by atoms with Crippen molar-refractivity contribution < 1.29 is 0 Å². The fraction of sp³-hybridized carbons (Fsp3) is 0.583. The molecule has 0 fully saturated rings. The number of aryl methyl sites for hydroxylation is 1. The Morgan fingerprint density at radius 2 is 1.88 bits per heavy atom. The van der Waals surface area contributed by atoms with Gasteiger partial charge in [-0.15, -0.1) is 11.3 Å². The van der Waals surface area contributed by atoms with Gasteiger partial charge in [0.1, 0.15) is 0 Å². The summed E-state index contributed by atoms with van der Waals surface area (Å²) in [5.74, 6) is 1.02. The van der Waals surface area contributed by atoms with Gasteiger partial charge in [-0.3, -0.25) is 4.99 Å². The Morgan fingerprint density at radius 1 is 1.25 bits per heavy atom. The van der Waals surface area contributed by atoms with Crippen LogP contribution in [0, 0.1) is 6.92 Å². The highest BCUT2D eigenvalue weighted by Crippen LogP contribution is 2.15. The van der Waals surface area contributed by atoms with Crippen molar-refractivity contribution in [2.24, 2.45) is 4.99 Å². The molecule has 1 aromatic heterocycles. The van der Waals surface area contributed by atoms with Crippen molar-refractivity contribution in [2.45, 2.75) is 13.3 Å². The zero-order valence-corrected chi connectivity index (χ0v) is 11.6. The third kappa shape index (κ3) is 3.52. The molecule has 0 N–H and O–H groups in total. The van der Waals surface area contributed by atoms with Crippen molar-refractivity contribution in [3.8, 4) is 0 Å². The molecule has 4 heteroatoms. The second-order valence-corrected chi connectivity index (χ2v) is 5.25. The van der Waals surface area contributed by atoms with E-state index in [1.807, 2.05) is 49.3 Å². The quantitative estimate of drug-likeness (QED) is 0.594. The highest BCUT2D eigenvalue weighted by Gasteiger charge is 2.04. The first-order chi connectivity index (χ1) is 7.52. The maximum atomic E-state index is 4.61. The average molecular weight is 239 g/mol. The van der Waals surface area contributed by atoms with Crippen LogP contribution in [0.4, 0.5) is 0 Å². The third-order valence-electron chi connectivity index (χ3n) is 2.36. The molecule has 90 valence electrons. The van der Waals surface area contributed by atoms with Crippen molar-refractivity contribution in [3.63, 3.8) is 0 Å². The van der Waals surface area contributed by atoms with E-state index in [2.05, 4.69) is 23.4 Å². The highest BCUT2D eigenvalue weighted by atomic mass is 32.1. The maximum absolute atomic E-state index is 4.61. The second-order valence-electron chi connectivity index (χ2n) is 4.25. The Hall–Kier alpha value is -1.03. The zero-order chi connectivity index (χ0) is 12.1. The summed E-state index contributed by atoms with van der Waals surface area (Å²) >= 11 is 1.82. The molecule has 0 amide bonds. The predicted molar refractivity (Wildman–Crippen MR) is 72.4 cm³/mol. The minimum absolute atomic E-state index is 0.854. The van der Waals surface area contributed by atoms with Crippen LogP contribution in [-0.4, -0.2) is 50.5 Å². The van der Waals surface area contributed by atoms with Gasteiger partial charge in [0.2, 0.25) is 0 Å². The largest absolute Gasteiger partial charge is 0.349 e. The summed E-state index contributed by atoms with van der Waals surface area (Å²) in [6, 6.07) is 2.17. The van der Waals surface area contributed by atoms with E-state index in [9.17, 15) is 0 Å². The minimum atomic E-state index is 0.854. The molecule has 0 radical (unpaired) electrons. The lowest BCUT2D eigenvalue weighted by atomic mass is 10.2. The number of nitrogens with zero attached hydrogens (tertiary/aromatic N) is 3. The normalized spacial score (nSPS) is 10.1. The molecular weight excluding hydrogens is 218 g/mol. The number of thiophene rings is 1. The summed E-state index contributed by atoms with van der Waals surface area (Å²) in [7, 11) is 8.09. The van der Waals surface area contributed by atoms with E-state index >= 15 is 0 Å². The monoisotopic (exact) mass is 239 g/mol. The summed E-state index contributed by atoms with van der Waals surface area (Å²) in [6.45, 7) is 3.02. The molecule has 0 bridgehead atoms. The van der Waals surface area contributed by atoms with Crippen molar-refractivity contribution >= 4 is 17.3 Å². The molecule has 3 nitrogen and oxygen atoms in total. The van der Waals surface area contributed by atoms with Gasteiger partial charge in [0.05, 0.1) is 0 Å². The van der Waals surface area contributed by atoms with E-state index in [0.29, 0.717) is 0 Å². The van der Waals surface area contributed by atoms with Crippen LogP contribution in [0.2, 0.25) is 0 Å². The second kappa shape index (κ2) is 5.89. The molecule has 0 aliphatic carbocycles. The summed E-state index contributed by atoms with van der Waals surface area (Å²) in [5, 5.41) is 2.15. The Bertz CT molecular complexity index is 343. The number of aliphatic imine (C=N–C) groups is 1. The van der Waals surface area contributed by atoms with Crippen LogP contribution in [0.1, 0.15) is 10.4 Å². The van der Waals surface area contributed by atoms with Crippen molar-refractivity contribution in [1.29, 1.82) is 0 Å². The number of rotatable bonds is 3. The number of hydrogen-bond donors (Lipinski definition) is 0. The Morgan fingerprint density at radius 3 is 2.31 bits per heavy atom. The van der Waals surface area contributed by atoms with Gasteiger partial charge in [-0.2, -0.15) is 0 Å². The van der Waals surface area contributed by atoms with Gasteiger partial charge in [-0.05, 0) is 23.9 Å². The van der Waals surface area contributed by atoms with E-state index in [1.54, 1.807) is 0 Å². The lowest BCUT2D eigenvalue weighted by molar-refractivity contribution is 0.479. The van der Waals surface area contributed by atoms with Crippen molar-refractivity contribution in [1.82, 2.24) is 9.80 Å². The summed E-state index contributed by atoms with van der Waals surface area (Å²) in [4.78, 5) is 10.1. The van der Waals surface area contributed by atoms with E-state index in [0.717, 1.165) is 18.9 Å². The van der Waals surface area contributed by atoms with E-state index in [1.165, 1.54) is 10.4 Å².